The van der Waals surface area contributed by atoms with Crippen molar-refractivity contribution >= 4 is 5.91 Å². The van der Waals surface area contributed by atoms with Gasteiger partial charge in [0.2, 0.25) is 0 Å². The number of alkyl halides is 3. The van der Waals surface area contributed by atoms with Crippen molar-refractivity contribution in [3.8, 4) is 5.75 Å². The number of carbonyl (C=O) groups is 1. The molecular formula is C18H16F3NO3. The molecule has 2 N–H and O–H groups in total. The van der Waals surface area contributed by atoms with Gasteiger partial charge in [-0.2, -0.15) is 0 Å². The highest BCUT2D eigenvalue weighted by Crippen LogP contribution is 2.36. The van der Waals surface area contributed by atoms with Gasteiger partial charge in [-0.05, 0) is 48.2 Å². The van der Waals surface area contributed by atoms with E-state index in [1.807, 2.05) is 24.3 Å². The van der Waals surface area contributed by atoms with Crippen LogP contribution in [0.4, 0.5) is 13.2 Å². The average molecular weight is 351 g/mol. The summed E-state index contributed by atoms with van der Waals surface area (Å²) in [6.45, 7) is 0.0314. The van der Waals surface area contributed by atoms with Crippen molar-refractivity contribution in [2.45, 2.75) is 24.8 Å². The zero-order valence-corrected chi connectivity index (χ0v) is 13.1. The van der Waals surface area contributed by atoms with Crippen LogP contribution >= 0.6 is 0 Å². The Morgan fingerprint density at radius 3 is 2.52 bits per heavy atom. The summed E-state index contributed by atoms with van der Waals surface area (Å²) in [5, 5.41) is 13.4. The van der Waals surface area contributed by atoms with Gasteiger partial charge in [0.25, 0.3) is 5.91 Å². The molecule has 132 valence electrons. The third kappa shape index (κ3) is 3.93. The molecule has 1 amide bonds. The summed E-state index contributed by atoms with van der Waals surface area (Å²) >= 11 is 0. The van der Waals surface area contributed by atoms with Crippen LogP contribution < -0.4 is 10.1 Å². The quantitative estimate of drug-likeness (QED) is 0.890. The van der Waals surface area contributed by atoms with Crippen molar-refractivity contribution in [1.29, 1.82) is 0 Å². The van der Waals surface area contributed by atoms with Crippen molar-refractivity contribution in [2.24, 2.45) is 0 Å². The number of halogens is 3. The first-order chi connectivity index (χ1) is 11.8. The van der Waals surface area contributed by atoms with Gasteiger partial charge in [0.05, 0.1) is 6.54 Å². The first kappa shape index (κ1) is 17.3. The Balaban J connectivity index is 1.63. The van der Waals surface area contributed by atoms with E-state index in [-0.39, 0.29) is 12.1 Å². The van der Waals surface area contributed by atoms with Gasteiger partial charge in [-0.1, -0.05) is 24.3 Å². The molecule has 0 aliphatic heterocycles. The molecule has 0 heterocycles. The Kier molecular flexibility index (Phi) is 4.43. The average Bonchev–Trinajstić information content (AvgIpc) is 2.90. The number of benzene rings is 2. The maximum absolute atomic E-state index is 12.2. The lowest BCUT2D eigenvalue weighted by molar-refractivity contribution is -0.274. The van der Waals surface area contributed by atoms with E-state index >= 15 is 0 Å². The van der Waals surface area contributed by atoms with Gasteiger partial charge in [-0.25, -0.2) is 0 Å². The Labute approximate surface area is 142 Å². The van der Waals surface area contributed by atoms with Gasteiger partial charge in [-0.15, -0.1) is 13.2 Å². The molecule has 0 bridgehead atoms. The molecule has 25 heavy (non-hydrogen) atoms. The first-order valence-electron chi connectivity index (χ1n) is 7.72. The van der Waals surface area contributed by atoms with Crippen molar-refractivity contribution in [1.82, 2.24) is 5.32 Å². The van der Waals surface area contributed by atoms with E-state index < -0.39 is 23.6 Å². The second-order valence-corrected chi connectivity index (χ2v) is 5.94. The van der Waals surface area contributed by atoms with Crippen LogP contribution in [0.5, 0.6) is 5.75 Å². The predicted octanol–water partition coefficient (Wildman–Crippen LogP) is 3.15. The molecule has 0 unspecified atom stereocenters. The van der Waals surface area contributed by atoms with E-state index in [4.69, 9.17) is 0 Å². The van der Waals surface area contributed by atoms with Crippen molar-refractivity contribution < 1.29 is 27.8 Å². The normalized spacial score (nSPS) is 19.4. The summed E-state index contributed by atoms with van der Waals surface area (Å²) in [5.74, 6) is -0.872. The third-order valence-electron chi connectivity index (χ3n) is 4.22. The molecule has 7 heteroatoms. The summed E-state index contributed by atoms with van der Waals surface area (Å²) in [7, 11) is 0. The summed E-state index contributed by atoms with van der Waals surface area (Å²) in [6.07, 6.45) is -3.54. The van der Waals surface area contributed by atoms with Crippen molar-refractivity contribution in [2.75, 3.05) is 6.54 Å². The second-order valence-electron chi connectivity index (χ2n) is 5.94. The molecular weight excluding hydrogens is 335 g/mol. The Hall–Kier alpha value is -2.54. The van der Waals surface area contributed by atoms with Gasteiger partial charge in [0.15, 0.2) is 0 Å². The molecule has 3 rings (SSSR count). The van der Waals surface area contributed by atoms with E-state index in [9.17, 15) is 23.1 Å². The Morgan fingerprint density at radius 1 is 1.16 bits per heavy atom. The Morgan fingerprint density at radius 2 is 1.84 bits per heavy atom. The van der Waals surface area contributed by atoms with Crippen LogP contribution in [0.2, 0.25) is 0 Å². The van der Waals surface area contributed by atoms with E-state index in [0.29, 0.717) is 6.42 Å². The summed E-state index contributed by atoms with van der Waals surface area (Å²) in [4.78, 5) is 12.2. The molecule has 0 spiro atoms. The fraction of sp³-hybridized carbons (Fsp3) is 0.278. The SMILES string of the molecule is O=C(NC[C@]1(O)CCc2ccccc21)c1ccc(OC(F)(F)F)cc1. The molecule has 0 saturated carbocycles. The number of nitrogens with one attached hydrogen (secondary N) is 1. The highest BCUT2D eigenvalue weighted by molar-refractivity contribution is 5.94. The zero-order valence-electron chi connectivity index (χ0n) is 13.1. The number of hydrogen-bond acceptors (Lipinski definition) is 3. The number of aliphatic hydroxyl groups is 1. The lowest BCUT2D eigenvalue weighted by atomic mass is 9.96. The third-order valence-corrected chi connectivity index (χ3v) is 4.22. The molecule has 2 aromatic rings. The minimum Gasteiger partial charge on any atom is -0.406 e. The minimum absolute atomic E-state index is 0.0314. The number of ether oxygens (including phenoxy) is 1. The van der Waals surface area contributed by atoms with E-state index in [1.54, 1.807) is 0 Å². The zero-order chi connectivity index (χ0) is 18.1. The maximum atomic E-state index is 12.2. The molecule has 1 aliphatic rings. The number of amides is 1. The number of aryl methyl sites for hydroxylation is 1. The summed E-state index contributed by atoms with van der Waals surface area (Å²) in [6, 6.07) is 12.1. The van der Waals surface area contributed by atoms with E-state index in [2.05, 4.69) is 10.1 Å². The molecule has 1 aliphatic carbocycles. The number of fused-ring (bicyclic) bond motifs is 1. The molecule has 0 fully saturated rings. The number of carbonyl (C=O) groups excluding carboxylic acids is 1. The second kappa shape index (κ2) is 6.40. The molecule has 0 aromatic heterocycles. The van der Waals surface area contributed by atoms with Crippen LogP contribution in [0.25, 0.3) is 0 Å². The monoisotopic (exact) mass is 351 g/mol. The Bertz CT molecular complexity index is 774. The fourth-order valence-electron chi connectivity index (χ4n) is 2.99. The predicted molar refractivity (Wildman–Crippen MR) is 84.1 cm³/mol. The van der Waals surface area contributed by atoms with E-state index in [0.717, 1.165) is 29.7 Å². The topological polar surface area (TPSA) is 58.6 Å². The highest BCUT2D eigenvalue weighted by atomic mass is 19.4. The van der Waals surface area contributed by atoms with Gasteiger partial charge in [0, 0.05) is 5.56 Å². The standard InChI is InChI=1S/C18H16F3NO3/c19-18(20,21)25-14-7-5-13(6-8-14)16(23)22-11-17(24)10-9-12-3-1-2-4-15(12)17/h1-8,24H,9-11H2,(H,22,23)/t17-/m1/s1. The van der Waals surface area contributed by atoms with Gasteiger partial charge in [-0.3, -0.25) is 4.79 Å². The summed E-state index contributed by atoms with van der Waals surface area (Å²) in [5.41, 5.74) is 0.896. The number of rotatable bonds is 4. The van der Waals surface area contributed by atoms with Gasteiger partial charge < -0.3 is 15.2 Å². The van der Waals surface area contributed by atoms with E-state index in [1.165, 1.54) is 12.1 Å². The van der Waals surface area contributed by atoms with Gasteiger partial charge >= 0.3 is 6.36 Å². The first-order valence-corrected chi connectivity index (χ1v) is 7.72. The van der Waals surface area contributed by atoms with Crippen LogP contribution in [0.3, 0.4) is 0 Å². The summed E-state index contributed by atoms with van der Waals surface area (Å²) < 4.78 is 40.1. The molecule has 2 aromatic carbocycles. The van der Waals surface area contributed by atoms with Crippen LogP contribution in [-0.4, -0.2) is 23.9 Å². The van der Waals surface area contributed by atoms with Crippen molar-refractivity contribution in [3.05, 3.63) is 65.2 Å². The van der Waals surface area contributed by atoms with Gasteiger partial charge in [0.1, 0.15) is 11.4 Å². The molecule has 0 saturated heterocycles. The van der Waals surface area contributed by atoms with Crippen LogP contribution in [0, 0.1) is 0 Å². The minimum atomic E-state index is -4.77. The van der Waals surface area contributed by atoms with Crippen LogP contribution in [0.15, 0.2) is 48.5 Å². The molecule has 1 atom stereocenters. The molecule has 4 nitrogen and oxygen atoms in total. The fourth-order valence-corrected chi connectivity index (χ4v) is 2.99. The number of hydrogen-bond donors (Lipinski definition) is 2. The lowest BCUT2D eigenvalue weighted by Gasteiger charge is -2.24. The van der Waals surface area contributed by atoms with Crippen LogP contribution in [0.1, 0.15) is 27.9 Å². The van der Waals surface area contributed by atoms with Crippen LogP contribution in [-0.2, 0) is 12.0 Å². The van der Waals surface area contributed by atoms with Crippen molar-refractivity contribution in [3.63, 3.8) is 0 Å². The maximum Gasteiger partial charge on any atom is 0.573 e. The lowest BCUT2D eigenvalue weighted by Crippen LogP contribution is -2.39. The smallest absolute Gasteiger partial charge is 0.406 e. The highest BCUT2D eigenvalue weighted by Gasteiger charge is 2.36. The largest absolute Gasteiger partial charge is 0.573 e. The molecule has 0 radical (unpaired) electrons.